The normalized spacial score (nSPS) is 45.1. The Kier molecular flexibility index (Phi) is 24.8. The number of carbonyl (C=O) groups excluding carboxylic acids is 3. The molecule has 30 atom stereocenters. The van der Waals surface area contributed by atoms with Crippen LogP contribution < -0.4 is 16.0 Å². The molecule has 0 aromatic heterocycles. The van der Waals surface area contributed by atoms with Crippen molar-refractivity contribution in [3.8, 4) is 0 Å². The highest BCUT2D eigenvalue weighted by Gasteiger charge is 2.59. The third kappa shape index (κ3) is 16.9. The van der Waals surface area contributed by atoms with Crippen LogP contribution in [0.2, 0.25) is 0 Å². The van der Waals surface area contributed by atoms with Crippen molar-refractivity contribution in [2.45, 2.75) is 205 Å². The summed E-state index contributed by atoms with van der Waals surface area (Å²) in [7, 11) is -10.8. The second kappa shape index (κ2) is 29.6. The second-order valence-corrected chi connectivity index (χ2v) is 22.2. The number of amides is 3. The van der Waals surface area contributed by atoms with Crippen molar-refractivity contribution in [2.75, 3.05) is 39.6 Å². The van der Waals surface area contributed by atoms with Crippen LogP contribution in [0.4, 0.5) is 0 Å². The Morgan fingerprint density at radius 1 is 0.357 bits per heavy atom. The SMILES string of the molecule is CC(=O)N[C@@H]1[C@@H](O)[C@H](O[C@@H]2O[C@H](CO)[C@H](O)[C@H](O[C@@H]3O[C@H](CO)[C@@H](O[C@@H]4O[C@H](COS(=O)(=O)O)[C@H](O)[C@H](O[C@@H]5O[C@H](COS(=O)(=O)O)[C@@H](O[C@@H]6O[C@H](CO)[C@H](O)[C@H](O)[C@H]6O)[C@H](O)[C@H]5NC(C)=O)[C@H]4O)[C@H](O)[C@H]3NC(C)=O)[C@H]2O)[C@@H](CO)O[C@H]1O. The van der Waals surface area contributed by atoms with Crippen LogP contribution in [0.1, 0.15) is 20.8 Å². The molecule has 40 nitrogen and oxygen atoms in total. The van der Waals surface area contributed by atoms with Crippen LogP contribution in [-0.2, 0) is 95.7 Å². The zero-order valence-electron chi connectivity index (χ0n) is 44.1. The molecule has 3 amide bonds. The molecule has 20 N–H and O–H groups in total. The van der Waals surface area contributed by atoms with Gasteiger partial charge in [-0.1, -0.05) is 0 Å². The van der Waals surface area contributed by atoms with Crippen molar-refractivity contribution in [2.24, 2.45) is 0 Å². The summed E-state index contributed by atoms with van der Waals surface area (Å²) in [5.74, 6) is -2.72. The van der Waals surface area contributed by atoms with Crippen LogP contribution in [0, 0.1) is 0 Å². The fourth-order valence-corrected chi connectivity index (χ4v) is 10.6. The molecule has 0 unspecified atom stereocenters. The predicted molar refractivity (Wildman–Crippen MR) is 255 cm³/mol. The van der Waals surface area contributed by atoms with E-state index in [4.69, 9.17) is 52.1 Å². The second-order valence-electron chi connectivity index (χ2n) is 20.0. The Hall–Kier alpha value is -2.89. The van der Waals surface area contributed by atoms with Crippen molar-refractivity contribution in [1.29, 1.82) is 0 Å². The van der Waals surface area contributed by atoms with Crippen LogP contribution >= 0.6 is 0 Å². The van der Waals surface area contributed by atoms with Crippen molar-refractivity contribution < 1.29 is 177 Å². The summed E-state index contributed by atoms with van der Waals surface area (Å²) in [5, 5.41) is 171. The van der Waals surface area contributed by atoms with E-state index in [-0.39, 0.29) is 0 Å². The van der Waals surface area contributed by atoms with Gasteiger partial charge in [0, 0.05) is 20.8 Å². The standard InChI is InChI=1S/C42H71N3O37S2/c1-10(50)43-19-25(56)32(15(6-48)72-37(19)63)78-41-30(61)35(23(54)14(5-47)74-41)81-38-20(44-11(2)51)26(57)33(16(7-49)75-38)79-42-31(62)36(24(55)17(76-42)8-70-83(64,65)66)82-39-21(45-12(3)52)27(58)34(18(77-39)9-71-84(67,68)69)80-40-29(60)28(59)22(53)13(4-46)73-40/h13-42,46-49,53-63H,4-9H2,1-3H3,(H,43,50)(H,44,51)(H,45,52)(H,64,65,66)(H,67,68,69)/t13-,14-,15-,16-,17-,18-,19-,20-,21-,22+,23+,24+,25-,26-,27-,28+,29-,30-,31-,32-,33-,34-,35+,36+,37-,38+,39+,40+,41+,42+/m1/s1. The first-order valence-electron chi connectivity index (χ1n) is 25.4. The largest absolute Gasteiger partial charge is 0.397 e. The quantitative estimate of drug-likeness (QED) is 0.0422. The van der Waals surface area contributed by atoms with E-state index in [0.29, 0.717) is 0 Å². The first-order valence-corrected chi connectivity index (χ1v) is 28.1. The highest BCUT2D eigenvalue weighted by Crippen LogP contribution is 2.37. The first kappa shape index (κ1) is 70.2. The van der Waals surface area contributed by atoms with Crippen LogP contribution in [0.5, 0.6) is 0 Å². The van der Waals surface area contributed by atoms with Gasteiger partial charge in [-0.2, -0.15) is 16.8 Å². The summed E-state index contributed by atoms with van der Waals surface area (Å²) < 4.78 is 138. The lowest BCUT2D eigenvalue weighted by Gasteiger charge is -2.51. The van der Waals surface area contributed by atoms with Crippen LogP contribution in [0.15, 0.2) is 0 Å². The summed E-state index contributed by atoms with van der Waals surface area (Å²) in [6, 6.07) is -5.57. The maximum atomic E-state index is 12.7. The van der Waals surface area contributed by atoms with E-state index < -0.39 is 262 Å². The smallest absolute Gasteiger partial charge is 0.394 e. The van der Waals surface area contributed by atoms with Gasteiger partial charge in [-0.15, -0.1) is 0 Å². The van der Waals surface area contributed by atoms with Gasteiger partial charge in [-0.3, -0.25) is 23.5 Å². The van der Waals surface area contributed by atoms with Gasteiger partial charge >= 0.3 is 20.8 Å². The fourth-order valence-electron chi connectivity index (χ4n) is 10.0. The monoisotopic (exact) mass is 1270 g/mol. The molecule has 0 aromatic carbocycles. The molecule has 0 spiro atoms. The lowest BCUT2D eigenvalue weighted by molar-refractivity contribution is -0.385. The van der Waals surface area contributed by atoms with Crippen molar-refractivity contribution in [3.63, 3.8) is 0 Å². The zero-order chi connectivity index (χ0) is 62.6. The molecule has 0 aliphatic carbocycles. The van der Waals surface area contributed by atoms with Crippen molar-refractivity contribution in [3.05, 3.63) is 0 Å². The number of hydrogen-bond donors (Lipinski definition) is 20. The van der Waals surface area contributed by atoms with Crippen molar-refractivity contribution >= 4 is 38.5 Å². The van der Waals surface area contributed by atoms with Gasteiger partial charge in [-0.05, 0) is 0 Å². The predicted octanol–water partition coefficient (Wildman–Crippen LogP) is -14.0. The molecule has 84 heavy (non-hydrogen) atoms. The minimum atomic E-state index is -5.41. The Labute approximate surface area is 475 Å². The molecule has 42 heteroatoms. The van der Waals surface area contributed by atoms with Gasteiger partial charge in [0.1, 0.15) is 146 Å². The molecule has 6 aliphatic heterocycles. The van der Waals surface area contributed by atoms with E-state index in [0.717, 1.165) is 20.8 Å². The van der Waals surface area contributed by atoms with Crippen LogP contribution in [0.3, 0.4) is 0 Å². The molecule has 0 aromatic rings. The molecule has 6 saturated heterocycles. The highest BCUT2D eigenvalue weighted by atomic mass is 32.3. The van der Waals surface area contributed by atoms with E-state index in [1.165, 1.54) is 0 Å². The Morgan fingerprint density at radius 3 is 1.08 bits per heavy atom. The summed E-state index contributed by atoms with van der Waals surface area (Å²) in [4.78, 5) is 37.2. The number of nitrogens with one attached hydrogen (secondary N) is 3. The van der Waals surface area contributed by atoms with Gasteiger partial charge in [0.05, 0.1) is 39.6 Å². The van der Waals surface area contributed by atoms with Gasteiger partial charge in [0.25, 0.3) is 0 Å². The van der Waals surface area contributed by atoms with E-state index in [1.54, 1.807) is 0 Å². The first-order chi connectivity index (χ1) is 39.2. The zero-order valence-corrected chi connectivity index (χ0v) is 45.8. The van der Waals surface area contributed by atoms with E-state index in [9.17, 15) is 117 Å². The number of aliphatic hydroxyl groups is 15. The van der Waals surface area contributed by atoms with Crippen molar-refractivity contribution in [1.82, 2.24) is 16.0 Å². The summed E-state index contributed by atoms with van der Waals surface area (Å²) in [6.07, 6.45) is -56.3. The van der Waals surface area contributed by atoms with Gasteiger partial charge < -0.3 is 145 Å². The van der Waals surface area contributed by atoms with E-state index >= 15 is 0 Å². The molecule has 0 radical (unpaired) electrons. The lowest BCUT2D eigenvalue weighted by Crippen LogP contribution is -2.71. The Balaban J connectivity index is 1.28. The van der Waals surface area contributed by atoms with Gasteiger partial charge in [-0.25, -0.2) is 8.37 Å². The summed E-state index contributed by atoms with van der Waals surface area (Å²) in [6.45, 7) is -4.10. The molecule has 6 aliphatic rings. The molecule has 6 heterocycles. The summed E-state index contributed by atoms with van der Waals surface area (Å²) >= 11 is 0. The highest BCUT2D eigenvalue weighted by molar-refractivity contribution is 7.81. The van der Waals surface area contributed by atoms with E-state index in [1.807, 2.05) is 0 Å². The van der Waals surface area contributed by atoms with E-state index in [2.05, 4.69) is 24.3 Å². The number of hydrogen-bond acceptors (Lipinski definition) is 35. The van der Waals surface area contributed by atoms with Gasteiger partial charge in [0.2, 0.25) is 17.7 Å². The average molecular weight is 1270 g/mol. The molecule has 0 bridgehead atoms. The third-order valence-electron chi connectivity index (χ3n) is 14.0. The average Bonchev–Trinajstić information content (AvgIpc) is 1.73. The molecule has 0 saturated carbocycles. The number of ether oxygens (including phenoxy) is 11. The van der Waals surface area contributed by atoms with Crippen LogP contribution in [-0.4, -0.2) is 344 Å². The third-order valence-corrected chi connectivity index (χ3v) is 14.9. The van der Waals surface area contributed by atoms with Crippen LogP contribution in [0.25, 0.3) is 0 Å². The Bertz CT molecular complexity index is 2390. The topological polar surface area (TPSA) is 619 Å². The number of carbonyl (C=O) groups is 3. The fraction of sp³-hybridized carbons (Fsp3) is 0.929. The maximum Gasteiger partial charge on any atom is 0.397 e. The number of aliphatic hydroxyl groups excluding tert-OH is 15. The maximum absolute atomic E-state index is 12.7. The molecular formula is C42H71N3O37S2. The molecule has 488 valence electrons. The lowest BCUT2D eigenvalue weighted by atomic mass is 9.93. The Morgan fingerprint density at radius 2 is 0.667 bits per heavy atom. The number of rotatable bonds is 23. The van der Waals surface area contributed by atoms with Gasteiger partial charge in [0.15, 0.2) is 37.7 Å². The molecule has 6 fully saturated rings. The minimum absolute atomic E-state index is 0.753. The minimum Gasteiger partial charge on any atom is -0.394 e. The molecule has 6 rings (SSSR count). The summed E-state index contributed by atoms with van der Waals surface area (Å²) in [5.41, 5.74) is 0. The molecular weight excluding hydrogens is 1200 g/mol.